The number of amides is 2. The van der Waals surface area contributed by atoms with Gasteiger partial charge >= 0.3 is 12.1 Å². The average molecular weight is 465 g/mol. The van der Waals surface area contributed by atoms with Gasteiger partial charge in [0.15, 0.2) is 0 Å². The van der Waals surface area contributed by atoms with Crippen LogP contribution in [0.2, 0.25) is 0 Å². The van der Waals surface area contributed by atoms with Gasteiger partial charge in [0.1, 0.15) is 12.6 Å². The van der Waals surface area contributed by atoms with E-state index >= 15 is 0 Å². The zero-order chi connectivity index (χ0) is 23.4. The second-order valence-corrected chi connectivity index (χ2v) is 8.91. The van der Waals surface area contributed by atoms with E-state index in [0.29, 0.717) is 4.88 Å². The second-order valence-electron chi connectivity index (χ2n) is 7.93. The second kappa shape index (κ2) is 9.87. The summed E-state index contributed by atoms with van der Waals surface area (Å²) in [5.74, 6) is -1.59. The summed E-state index contributed by atoms with van der Waals surface area (Å²) < 4.78 is 5.57. The van der Waals surface area contributed by atoms with Crippen LogP contribution in [-0.4, -0.2) is 35.7 Å². The highest BCUT2D eigenvalue weighted by molar-refractivity contribution is 7.10. The number of hydrogen-bond donors (Lipinski definition) is 3. The highest BCUT2D eigenvalue weighted by atomic mass is 32.1. The van der Waals surface area contributed by atoms with Gasteiger partial charge in [-0.25, -0.2) is 4.79 Å². The number of nitrogens with one attached hydrogen (secondary N) is 2. The summed E-state index contributed by atoms with van der Waals surface area (Å²) in [6, 6.07) is 18.1. The van der Waals surface area contributed by atoms with E-state index in [-0.39, 0.29) is 18.9 Å². The molecular formula is C25H24N2O5S. The summed E-state index contributed by atoms with van der Waals surface area (Å²) >= 11 is 1.32. The normalized spacial score (nSPS) is 14.0. The Morgan fingerprint density at radius 1 is 0.970 bits per heavy atom. The molecule has 1 heterocycles. The van der Waals surface area contributed by atoms with Crippen LogP contribution in [0.4, 0.5) is 4.79 Å². The van der Waals surface area contributed by atoms with E-state index in [1.807, 2.05) is 36.4 Å². The van der Waals surface area contributed by atoms with Gasteiger partial charge in [0.2, 0.25) is 5.91 Å². The predicted octanol–water partition coefficient (Wildman–Crippen LogP) is 4.31. The first-order valence-electron chi connectivity index (χ1n) is 10.6. The fourth-order valence-corrected chi connectivity index (χ4v) is 4.89. The van der Waals surface area contributed by atoms with Crippen molar-refractivity contribution < 1.29 is 24.2 Å². The predicted molar refractivity (Wildman–Crippen MR) is 125 cm³/mol. The molecule has 33 heavy (non-hydrogen) atoms. The van der Waals surface area contributed by atoms with Gasteiger partial charge in [-0.3, -0.25) is 9.59 Å². The molecule has 0 radical (unpaired) electrons. The molecule has 2 atom stereocenters. The maximum atomic E-state index is 12.8. The van der Waals surface area contributed by atoms with E-state index in [1.165, 1.54) is 11.3 Å². The Morgan fingerprint density at radius 3 is 2.18 bits per heavy atom. The third-order valence-corrected chi connectivity index (χ3v) is 6.50. The van der Waals surface area contributed by atoms with Crippen molar-refractivity contribution in [1.82, 2.24) is 10.6 Å². The van der Waals surface area contributed by atoms with Crippen molar-refractivity contribution in [2.75, 3.05) is 6.61 Å². The van der Waals surface area contributed by atoms with E-state index in [9.17, 15) is 14.4 Å². The minimum atomic E-state index is -1.01. The minimum absolute atomic E-state index is 0.0900. The number of carboxylic acids is 1. The van der Waals surface area contributed by atoms with E-state index < -0.39 is 30.1 Å². The molecule has 1 aromatic heterocycles. The third kappa shape index (κ3) is 5.06. The molecular weight excluding hydrogens is 440 g/mol. The molecule has 2 amide bonds. The number of ether oxygens (including phenoxy) is 1. The first-order chi connectivity index (χ1) is 15.9. The molecule has 0 aliphatic heterocycles. The Morgan fingerprint density at radius 2 is 1.61 bits per heavy atom. The maximum Gasteiger partial charge on any atom is 0.408 e. The van der Waals surface area contributed by atoms with E-state index in [4.69, 9.17) is 9.84 Å². The molecule has 0 spiro atoms. The van der Waals surface area contributed by atoms with Crippen LogP contribution in [0.1, 0.15) is 41.3 Å². The number of carbonyl (C=O) groups is 3. The van der Waals surface area contributed by atoms with Crippen molar-refractivity contribution in [3.8, 4) is 11.1 Å². The lowest BCUT2D eigenvalue weighted by Crippen LogP contribution is -2.44. The molecule has 8 heteroatoms. The highest BCUT2D eigenvalue weighted by Crippen LogP contribution is 2.44. The monoisotopic (exact) mass is 464 g/mol. The molecule has 0 fully saturated rings. The molecule has 170 valence electrons. The SMILES string of the molecule is C[C@@H](CC(=O)O)NC(=O)C(NC(=O)OCC1c2ccccc2-c2ccccc21)c1cccs1. The molecule has 3 aromatic rings. The van der Waals surface area contributed by atoms with Crippen LogP contribution in [-0.2, 0) is 14.3 Å². The molecule has 0 saturated heterocycles. The lowest BCUT2D eigenvalue weighted by Gasteiger charge is -2.20. The van der Waals surface area contributed by atoms with Gasteiger partial charge in [0, 0.05) is 16.8 Å². The number of thiophene rings is 1. The van der Waals surface area contributed by atoms with Crippen LogP contribution in [0, 0.1) is 0 Å². The number of carbonyl (C=O) groups excluding carboxylic acids is 2. The summed E-state index contributed by atoms with van der Waals surface area (Å²) in [5, 5.41) is 16.0. The number of hydrogen-bond acceptors (Lipinski definition) is 5. The number of rotatable bonds is 8. The summed E-state index contributed by atoms with van der Waals surface area (Å²) in [6.45, 7) is 1.73. The number of fused-ring (bicyclic) bond motifs is 3. The van der Waals surface area contributed by atoms with Gasteiger partial charge in [-0.05, 0) is 40.6 Å². The van der Waals surface area contributed by atoms with Crippen molar-refractivity contribution in [2.45, 2.75) is 31.3 Å². The van der Waals surface area contributed by atoms with Crippen LogP contribution >= 0.6 is 11.3 Å². The molecule has 4 rings (SSSR count). The Hall–Kier alpha value is -3.65. The van der Waals surface area contributed by atoms with Crippen molar-refractivity contribution in [2.24, 2.45) is 0 Å². The average Bonchev–Trinajstić information content (AvgIpc) is 3.42. The van der Waals surface area contributed by atoms with E-state index in [0.717, 1.165) is 22.3 Å². The van der Waals surface area contributed by atoms with Crippen molar-refractivity contribution in [1.29, 1.82) is 0 Å². The van der Waals surface area contributed by atoms with Gasteiger partial charge in [-0.15, -0.1) is 11.3 Å². The van der Waals surface area contributed by atoms with Crippen LogP contribution in [0.25, 0.3) is 11.1 Å². The molecule has 3 N–H and O–H groups in total. The lowest BCUT2D eigenvalue weighted by molar-refractivity contribution is -0.137. The fourth-order valence-electron chi connectivity index (χ4n) is 4.12. The molecule has 0 saturated carbocycles. The first kappa shape index (κ1) is 22.5. The molecule has 7 nitrogen and oxygen atoms in total. The highest BCUT2D eigenvalue weighted by Gasteiger charge is 2.30. The Balaban J connectivity index is 1.44. The maximum absolute atomic E-state index is 12.8. The largest absolute Gasteiger partial charge is 0.481 e. The molecule has 2 aromatic carbocycles. The van der Waals surface area contributed by atoms with Crippen LogP contribution in [0.3, 0.4) is 0 Å². The molecule has 1 aliphatic carbocycles. The number of benzene rings is 2. The van der Waals surface area contributed by atoms with Crippen molar-refractivity contribution in [3.63, 3.8) is 0 Å². The van der Waals surface area contributed by atoms with Gasteiger partial charge < -0.3 is 20.5 Å². The number of carboxylic acid groups (broad SMARTS) is 1. The molecule has 0 bridgehead atoms. The Kier molecular flexibility index (Phi) is 6.74. The van der Waals surface area contributed by atoms with Crippen molar-refractivity contribution >= 4 is 29.3 Å². The van der Waals surface area contributed by atoms with Crippen LogP contribution < -0.4 is 10.6 Å². The topological polar surface area (TPSA) is 105 Å². The van der Waals surface area contributed by atoms with Gasteiger partial charge in [0.25, 0.3) is 0 Å². The van der Waals surface area contributed by atoms with Crippen LogP contribution in [0.15, 0.2) is 66.0 Å². The quantitative estimate of drug-likeness (QED) is 0.461. The van der Waals surface area contributed by atoms with Crippen molar-refractivity contribution in [3.05, 3.63) is 82.0 Å². The molecule has 1 unspecified atom stereocenters. The van der Waals surface area contributed by atoms with Crippen LogP contribution in [0.5, 0.6) is 0 Å². The summed E-state index contributed by atoms with van der Waals surface area (Å²) in [7, 11) is 0. The standard InChI is InChI=1S/C25H24N2O5S/c1-15(13-22(28)29)26-24(30)23(21-11-6-12-33-21)27-25(31)32-14-20-18-9-4-2-7-16(18)17-8-3-5-10-19(17)20/h2-12,15,20,23H,13-14H2,1H3,(H,26,30)(H,27,31)(H,28,29)/t15-,23?/m0/s1. The minimum Gasteiger partial charge on any atom is -0.481 e. The number of aliphatic carboxylic acids is 1. The first-order valence-corrected chi connectivity index (χ1v) is 11.5. The van der Waals surface area contributed by atoms with E-state index in [1.54, 1.807) is 24.4 Å². The summed E-state index contributed by atoms with van der Waals surface area (Å²) in [6.07, 6.45) is -0.926. The zero-order valence-corrected chi connectivity index (χ0v) is 18.8. The third-order valence-electron chi connectivity index (χ3n) is 5.57. The summed E-state index contributed by atoms with van der Waals surface area (Å²) in [4.78, 5) is 37.0. The number of alkyl carbamates (subject to hydrolysis) is 1. The fraction of sp³-hybridized carbons (Fsp3) is 0.240. The van der Waals surface area contributed by atoms with E-state index in [2.05, 4.69) is 22.8 Å². The molecule has 1 aliphatic rings. The van der Waals surface area contributed by atoms with Gasteiger partial charge in [0.05, 0.1) is 6.42 Å². The summed E-state index contributed by atoms with van der Waals surface area (Å²) in [5.41, 5.74) is 4.46. The smallest absolute Gasteiger partial charge is 0.408 e. The zero-order valence-electron chi connectivity index (χ0n) is 18.0. The van der Waals surface area contributed by atoms with Gasteiger partial charge in [-0.1, -0.05) is 54.6 Å². The Bertz CT molecular complexity index is 1120. The lowest BCUT2D eigenvalue weighted by atomic mass is 9.98. The van der Waals surface area contributed by atoms with Gasteiger partial charge in [-0.2, -0.15) is 0 Å². The Labute approximate surface area is 195 Å².